The van der Waals surface area contributed by atoms with E-state index in [0.29, 0.717) is 5.92 Å². The second-order valence-electron chi connectivity index (χ2n) is 3.81. The number of rotatable bonds is 1. The molecule has 1 N–H and O–H groups in total. The van der Waals surface area contributed by atoms with E-state index in [9.17, 15) is 0 Å². The lowest BCUT2D eigenvalue weighted by Crippen LogP contribution is -2.09. The molecule has 0 aromatic carbocycles. The van der Waals surface area contributed by atoms with Gasteiger partial charge in [-0.1, -0.05) is 0 Å². The SMILES string of the molecule is Brc1cnc2ncc(C3CCNC3)n2c1. The van der Waals surface area contributed by atoms with E-state index in [4.69, 9.17) is 0 Å². The molecular weight excluding hydrogens is 256 g/mol. The van der Waals surface area contributed by atoms with E-state index >= 15 is 0 Å². The first kappa shape index (κ1) is 9.30. The number of imidazole rings is 1. The third-order valence-corrected chi connectivity index (χ3v) is 3.25. The van der Waals surface area contributed by atoms with Gasteiger partial charge in [-0.2, -0.15) is 0 Å². The summed E-state index contributed by atoms with van der Waals surface area (Å²) in [4.78, 5) is 8.56. The maximum Gasteiger partial charge on any atom is 0.233 e. The summed E-state index contributed by atoms with van der Waals surface area (Å²) in [6.45, 7) is 2.14. The number of aromatic nitrogens is 3. The van der Waals surface area contributed by atoms with E-state index in [0.717, 1.165) is 23.3 Å². The molecule has 0 spiro atoms. The first-order valence-corrected chi connectivity index (χ1v) is 5.83. The van der Waals surface area contributed by atoms with Crippen LogP contribution in [0.2, 0.25) is 0 Å². The first-order valence-electron chi connectivity index (χ1n) is 5.04. The van der Waals surface area contributed by atoms with Crippen LogP contribution in [-0.4, -0.2) is 27.5 Å². The van der Waals surface area contributed by atoms with Crippen molar-refractivity contribution in [2.24, 2.45) is 0 Å². The van der Waals surface area contributed by atoms with Gasteiger partial charge in [0, 0.05) is 30.6 Å². The van der Waals surface area contributed by atoms with Gasteiger partial charge in [0.2, 0.25) is 5.78 Å². The molecule has 1 aliphatic rings. The Morgan fingerprint density at radius 2 is 2.27 bits per heavy atom. The molecule has 1 fully saturated rings. The van der Waals surface area contributed by atoms with E-state index in [1.165, 1.54) is 12.1 Å². The van der Waals surface area contributed by atoms with Gasteiger partial charge in [-0.15, -0.1) is 0 Å². The maximum atomic E-state index is 4.31. The van der Waals surface area contributed by atoms with Crippen LogP contribution in [0, 0.1) is 0 Å². The average Bonchev–Trinajstić information content (AvgIpc) is 2.83. The molecule has 2 aromatic rings. The van der Waals surface area contributed by atoms with Crippen molar-refractivity contribution < 1.29 is 0 Å². The van der Waals surface area contributed by atoms with Crippen molar-refractivity contribution in [1.82, 2.24) is 19.7 Å². The minimum atomic E-state index is 0.566. The summed E-state index contributed by atoms with van der Waals surface area (Å²) in [6, 6.07) is 0. The first-order chi connectivity index (χ1) is 7.34. The fraction of sp³-hybridized carbons (Fsp3) is 0.400. The molecule has 3 rings (SSSR count). The topological polar surface area (TPSA) is 42.2 Å². The van der Waals surface area contributed by atoms with Crippen LogP contribution in [0.5, 0.6) is 0 Å². The summed E-state index contributed by atoms with van der Waals surface area (Å²) in [5, 5.41) is 3.37. The largest absolute Gasteiger partial charge is 0.316 e. The Kier molecular flexibility index (Phi) is 2.21. The van der Waals surface area contributed by atoms with Gasteiger partial charge in [0.05, 0.1) is 10.7 Å². The molecule has 5 heteroatoms. The molecule has 1 atom stereocenters. The zero-order valence-corrected chi connectivity index (χ0v) is 9.74. The summed E-state index contributed by atoms with van der Waals surface area (Å²) >= 11 is 3.43. The molecule has 1 unspecified atom stereocenters. The number of fused-ring (bicyclic) bond motifs is 1. The lowest BCUT2D eigenvalue weighted by molar-refractivity contribution is 0.724. The molecule has 0 amide bonds. The summed E-state index contributed by atoms with van der Waals surface area (Å²) in [5.41, 5.74) is 1.25. The second kappa shape index (κ2) is 3.57. The van der Waals surface area contributed by atoms with Crippen molar-refractivity contribution in [2.45, 2.75) is 12.3 Å². The minimum Gasteiger partial charge on any atom is -0.316 e. The molecule has 78 valence electrons. The van der Waals surface area contributed by atoms with Gasteiger partial charge in [-0.3, -0.25) is 4.40 Å². The van der Waals surface area contributed by atoms with E-state index < -0.39 is 0 Å². The molecule has 1 saturated heterocycles. The zero-order valence-electron chi connectivity index (χ0n) is 8.15. The Hall–Kier alpha value is -0.940. The van der Waals surface area contributed by atoms with Crippen molar-refractivity contribution in [3.05, 3.63) is 28.8 Å². The van der Waals surface area contributed by atoms with Crippen LogP contribution < -0.4 is 5.32 Å². The smallest absolute Gasteiger partial charge is 0.233 e. The monoisotopic (exact) mass is 266 g/mol. The van der Waals surface area contributed by atoms with Gasteiger partial charge >= 0.3 is 0 Å². The van der Waals surface area contributed by atoms with Gasteiger partial charge in [0.15, 0.2) is 0 Å². The average molecular weight is 267 g/mol. The van der Waals surface area contributed by atoms with Crippen LogP contribution in [0.15, 0.2) is 23.1 Å². The van der Waals surface area contributed by atoms with Crippen LogP contribution in [-0.2, 0) is 0 Å². The number of nitrogens with zero attached hydrogens (tertiary/aromatic N) is 3. The van der Waals surface area contributed by atoms with E-state index in [1.54, 1.807) is 6.20 Å². The molecule has 0 aliphatic carbocycles. The predicted octanol–water partition coefficient (Wildman–Crippen LogP) is 1.57. The van der Waals surface area contributed by atoms with Gasteiger partial charge in [-0.25, -0.2) is 9.97 Å². The van der Waals surface area contributed by atoms with Crippen LogP contribution >= 0.6 is 15.9 Å². The van der Waals surface area contributed by atoms with Crippen LogP contribution in [0.3, 0.4) is 0 Å². The summed E-state index contributed by atoms with van der Waals surface area (Å²) in [5.74, 6) is 1.34. The van der Waals surface area contributed by atoms with Gasteiger partial charge in [0.25, 0.3) is 0 Å². The highest BCUT2D eigenvalue weighted by molar-refractivity contribution is 9.10. The van der Waals surface area contributed by atoms with Crippen LogP contribution in [0.4, 0.5) is 0 Å². The molecule has 2 aromatic heterocycles. The van der Waals surface area contributed by atoms with Crippen LogP contribution in [0.25, 0.3) is 5.78 Å². The molecule has 15 heavy (non-hydrogen) atoms. The lowest BCUT2D eigenvalue weighted by atomic mass is 10.1. The standard InChI is InChI=1S/C10H11BrN4/c11-8-4-13-10-14-5-9(15(10)6-8)7-1-2-12-3-7/h4-7,12H,1-3H2. The van der Waals surface area contributed by atoms with Crippen LogP contribution in [0.1, 0.15) is 18.0 Å². The molecule has 4 nitrogen and oxygen atoms in total. The normalized spacial score (nSPS) is 21.3. The molecule has 3 heterocycles. The van der Waals surface area contributed by atoms with Gasteiger partial charge < -0.3 is 5.32 Å². The Bertz CT molecular complexity index is 487. The van der Waals surface area contributed by atoms with Gasteiger partial charge in [-0.05, 0) is 28.9 Å². The summed E-state index contributed by atoms with van der Waals surface area (Å²) in [6.07, 6.45) is 6.93. The molecular formula is C10H11BrN4. The van der Waals surface area contributed by atoms with Crippen molar-refractivity contribution in [3.8, 4) is 0 Å². The third-order valence-electron chi connectivity index (χ3n) is 2.84. The number of hydrogen-bond donors (Lipinski definition) is 1. The Morgan fingerprint density at radius 1 is 1.40 bits per heavy atom. The molecule has 0 radical (unpaired) electrons. The Morgan fingerprint density at radius 3 is 3.07 bits per heavy atom. The van der Waals surface area contributed by atoms with Crippen molar-refractivity contribution >= 4 is 21.7 Å². The van der Waals surface area contributed by atoms with Crippen molar-refractivity contribution in [3.63, 3.8) is 0 Å². The quantitative estimate of drug-likeness (QED) is 0.852. The van der Waals surface area contributed by atoms with E-state index in [2.05, 4.69) is 35.6 Å². The fourth-order valence-electron chi connectivity index (χ4n) is 2.08. The van der Waals surface area contributed by atoms with Gasteiger partial charge in [0.1, 0.15) is 0 Å². The van der Waals surface area contributed by atoms with E-state index in [-0.39, 0.29) is 0 Å². The summed E-state index contributed by atoms with van der Waals surface area (Å²) in [7, 11) is 0. The molecule has 0 saturated carbocycles. The van der Waals surface area contributed by atoms with Crippen molar-refractivity contribution in [2.75, 3.05) is 13.1 Å². The molecule has 1 aliphatic heterocycles. The highest BCUT2D eigenvalue weighted by Gasteiger charge is 2.20. The minimum absolute atomic E-state index is 0.566. The third kappa shape index (κ3) is 1.55. The molecule has 0 bridgehead atoms. The van der Waals surface area contributed by atoms with Crippen molar-refractivity contribution in [1.29, 1.82) is 0 Å². The number of nitrogens with one attached hydrogen (secondary N) is 1. The highest BCUT2D eigenvalue weighted by atomic mass is 79.9. The second-order valence-corrected chi connectivity index (χ2v) is 4.73. The maximum absolute atomic E-state index is 4.31. The Labute approximate surface area is 95.9 Å². The van der Waals surface area contributed by atoms with E-state index in [1.807, 2.05) is 12.4 Å². The lowest BCUT2D eigenvalue weighted by Gasteiger charge is -2.07. The summed E-state index contributed by atoms with van der Waals surface area (Å²) < 4.78 is 3.06. The fourth-order valence-corrected chi connectivity index (χ4v) is 2.38. The number of halogens is 1. The predicted molar refractivity (Wildman–Crippen MR) is 60.9 cm³/mol. The highest BCUT2D eigenvalue weighted by Crippen LogP contribution is 2.23. The Balaban J connectivity index is 2.13. The zero-order chi connectivity index (χ0) is 10.3. The number of hydrogen-bond acceptors (Lipinski definition) is 3.